The minimum atomic E-state index is -3.15. The molecule has 1 aliphatic heterocycles. The quantitative estimate of drug-likeness (QED) is 0.764. The van der Waals surface area contributed by atoms with Gasteiger partial charge in [-0.3, -0.25) is 9.59 Å². The van der Waals surface area contributed by atoms with E-state index < -0.39 is 27.2 Å². The number of pyridine rings is 1. The van der Waals surface area contributed by atoms with Crippen molar-refractivity contribution in [3.8, 4) is 0 Å². The largest absolute Gasteiger partial charge is 0.395 e. The van der Waals surface area contributed by atoms with Crippen molar-refractivity contribution in [2.45, 2.75) is 19.4 Å². The number of hydrogen-bond acceptors (Lipinski definition) is 5. The molecule has 1 aromatic rings. The normalized spacial score (nSPS) is 20.4. The van der Waals surface area contributed by atoms with Crippen LogP contribution >= 0.6 is 0 Å². The predicted octanol–water partition coefficient (Wildman–Crippen LogP) is -0.695. The third kappa shape index (κ3) is 3.51. The first-order chi connectivity index (χ1) is 9.84. The molecular formula is C13H18N2O5S. The molecule has 1 atom stereocenters. The maximum absolute atomic E-state index is 12.5. The fourth-order valence-electron chi connectivity index (χ4n) is 2.47. The molecule has 7 nitrogen and oxygen atoms in total. The van der Waals surface area contributed by atoms with Crippen LogP contribution in [0.1, 0.15) is 22.5 Å². The molecule has 0 radical (unpaired) electrons. The second-order valence-electron chi connectivity index (χ2n) is 5.17. The number of hydrogen-bond donors (Lipinski definition) is 2. The number of amides is 1. The summed E-state index contributed by atoms with van der Waals surface area (Å²) in [6.45, 7) is 1.42. The van der Waals surface area contributed by atoms with E-state index in [1.54, 1.807) is 6.92 Å². The lowest BCUT2D eigenvalue weighted by atomic mass is 10.1. The molecule has 0 spiro atoms. The minimum Gasteiger partial charge on any atom is -0.395 e. The van der Waals surface area contributed by atoms with Crippen molar-refractivity contribution in [1.82, 2.24) is 9.88 Å². The number of aromatic nitrogens is 1. The van der Waals surface area contributed by atoms with Crippen LogP contribution in [0, 0.1) is 6.92 Å². The van der Waals surface area contributed by atoms with Crippen molar-refractivity contribution < 1.29 is 18.3 Å². The highest BCUT2D eigenvalue weighted by atomic mass is 32.2. The Morgan fingerprint density at radius 1 is 1.52 bits per heavy atom. The second-order valence-corrected chi connectivity index (χ2v) is 7.40. The lowest BCUT2D eigenvalue weighted by Crippen LogP contribution is -2.44. The fraction of sp³-hybridized carbons (Fsp3) is 0.538. The van der Waals surface area contributed by atoms with Crippen LogP contribution in [0.2, 0.25) is 0 Å². The Morgan fingerprint density at radius 2 is 2.24 bits per heavy atom. The number of sulfone groups is 1. The Kier molecular flexibility index (Phi) is 4.48. The van der Waals surface area contributed by atoms with Crippen molar-refractivity contribution in [3.05, 3.63) is 33.7 Å². The van der Waals surface area contributed by atoms with E-state index in [2.05, 4.69) is 4.98 Å². The van der Waals surface area contributed by atoms with Gasteiger partial charge >= 0.3 is 0 Å². The summed E-state index contributed by atoms with van der Waals surface area (Å²) in [6, 6.07) is 0.825. The molecule has 0 bridgehead atoms. The third-order valence-electron chi connectivity index (χ3n) is 3.54. The number of aromatic amines is 1. The highest BCUT2D eigenvalue weighted by molar-refractivity contribution is 7.91. The van der Waals surface area contributed by atoms with Gasteiger partial charge in [0.2, 0.25) is 0 Å². The highest BCUT2D eigenvalue weighted by Crippen LogP contribution is 2.19. The van der Waals surface area contributed by atoms with Gasteiger partial charge < -0.3 is 15.0 Å². The van der Waals surface area contributed by atoms with Crippen LogP contribution in [0.25, 0.3) is 0 Å². The number of rotatable bonds is 4. The van der Waals surface area contributed by atoms with E-state index in [1.807, 2.05) is 0 Å². The monoisotopic (exact) mass is 314 g/mol. The van der Waals surface area contributed by atoms with Crippen molar-refractivity contribution in [3.63, 3.8) is 0 Å². The molecule has 1 unspecified atom stereocenters. The summed E-state index contributed by atoms with van der Waals surface area (Å²) < 4.78 is 23.1. The van der Waals surface area contributed by atoms with Gasteiger partial charge in [-0.2, -0.15) is 0 Å². The summed E-state index contributed by atoms with van der Waals surface area (Å²) in [5.74, 6) is -0.646. The van der Waals surface area contributed by atoms with Crippen molar-refractivity contribution in [2.75, 3.05) is 24.7 Å². The summed E-state index contributed by atoms with van der Waals surface area (Å²) in [4.78, 5) is 28.4. The minimum absolute atomic E-state index is 0.00629. The lowest BCUT2D eigenvalue weighted by Gasteiger charge is -2.27. The summed E-state index contributed by atoms with van der Waals surface area (Å²) >= 11 is 0. The van der Waals surface area contributed by atoms with Gasteiger partial charge in [0.1, 0.15) is 5.56 Å². The molecule has 116 valence electrons. The summed E-state index contributed by atoms with van der Waals surface area (Å²) in [5, 5.41) is 9.11. The number of H-pyrrole nitrogens is 1. The number of aliphatic hydroxyl groups is 1. The van der Waals surface area contributed by atoms with E-state index in [0.29, 0.717) is 12.1 Å². The molecule has 1 aromatic heterocycles. The van der Waals surface area contributed by atoms with Gasteiger partial charge in [-0.1, -0.05) is 0 Å². The van der Waals surface area contributed by atoms with Crippen LogP contribution in [0.3, 0.4) is 0 Å². The molecule has 8 heteroatoms. The van der Waals surface area contributed by atoms with Gasteiger partial charge in [-0.25, -0.2) is 8.42 Å². The standard InChI is InChI=1S/C13H18N2O5S/c1-9-6-12(17)11(7-14-9)13(18)15(3-4-16)10-2-5-21(19,20)8-10/h6-7,10,16H,2-5,8H2,1H3,(H,14,17). The van der Waals surface area contributed by atoms with E-state index >= 15 is 0 Å². The van der Waals surface area contributed by atoms with Crippen LogP contribution < -0.4 is 5.43 Å². The van der Waals surface area contributed by atoms with Crippen molar-refractivity contribution >= 4 is 15.7 Å². The van der Waals surface area contributed by atoms with Gasteiger partial charge in [0.05, 0.1) is 18.1 Å². The lowest BCUT2D eigenvalue weighted by molar-refractivity contribution is 0.0653. The second kappa shape index (κ2) is 5.98. The van der Waals surface area contributed by atoms with E-state index in [0.717, 1.165) is 0 Å². The van der Waals surface area contributed by atoms with Gasteiger partial charge in [-0.15, -0.1) is 0 Å². The van der Waals surface area contributed by atoms with Crippen molar-refractivity contribution in [1.29, 1.82) is 0 Å². The Balaban J connectivity index is 2.30. The number of carbonyl (C=O) groups is 1. The van der Waals surface area contributed by atoms with Crippen LogP contribution in [-0.4, -0.2) is 60.0 Å². The number of nitrogens with one attached hydrogen (secondary N) is 1. The zero-order chi connectivity index (χ0) is 15.6. The Morgan fingerprint density at radius 3 is 2.76 bits per heavy atom. The molecule has 1 amide bonds. The van der Waals surface area contributed by atoms with Gasteiger partial charge in [0.25, 0.3) is 5.91 Å². The van der Waals surface area contributed by atoms with Gasteiger partial charge in [0, 0.05) is 30.5 Å². The third-order valence-corrected chi connectivity index (χ3v) is 5.29. The van der Waals surface area contributed by atoms with E-state index in [4.69, 9.17) is 5.11 Å². The number of aliphatic hydroxyl groups excluding tert-OH is 1. The van der Waals surface area contributed by atoms with Gasteiger partial charge in [-0.05, 0) is 13.3 Å². The molecule has 1 saturated heterocycles. The zero-order valence-electron chi connectivity index (χ0n) is 11.7. The Labute approximate surface area is 122 Å². The van der Waals surface area contributed by atoms with Crippen LogP contribution in [0.4, 0.5) is 0 Å². The summed E-state index contributed by atoms with van der Waals surface area (Å²) in [6.07, 6.45) is 1.66. The molecule has 2 rings (SSSR count). The average molecular weight is 314 g/mol. The molecule has 2 heterocycles. The summed E-state index contributed by atoms with van der Waals surface area (Å²) in [7, 11) is -3.15. The van der Waals surface area contributed by atoms with Crippen LogP contribution in [0.15, 0.2) is 17.1 Å². The number of nitrogens with zero attached hydrogens (tertiary/aromatic N) is 1. The predicted molar refractivity (Wildman–Crippen MR) is 77.0 cm³/mol. The summed E-state index contributed by atoms with van der Waals surface area (Å²) in [5.41, 5.74) is 0.173. The van der Waals surface area contributed by atoms with Crippen LogP contribution in [0.5, 0.6) is 0 Å². The first-order valence-corrected chi connectivity index (χ1v) is 8.48. The van der Waals surface area contributed by atoms with E-state index in [-0.39, 0.29) is 30.2 Å². The zero-order valence-corrected chi connectivity index (χ0v) is 12.5. The molecule has 1 fully saturated rings. The van der Waals surface area contributed by atoms with Crippen LogP contribution in [-0.2, 0) is 9.84 Å². The first-order valence-electron chi connectivity index (χ1n) is 6.65. The number of aryl methyl sites for hydroxylation is 1. The maximum Gasteiger partial charge on any atom is 0.259 e. The molecule has 0 aromatic carbocycles. The molecular weight excluding hydrogens is 296 g/mol. The first kappa shape index (κ1) is 15.7. The average Bonchev–Trinajstić information content (AvgIpc) is 2.75. The Bertz CT molecular complexity index is 695. The fourth-order valence-corrected chi connectivity index (χ4v) is 4.20. The van der Waals surface area contributed by atoms with Crippen molar-refractivity contribution in [2.24, 2.45) is 0 Å². The molecule has 21 heavy (non-hydrogen) atoms. The van der Waals surface area contributed by atoms with Gasteiger partial charge in [0.15, 0.2) is 15.3 Å². The maximum atomic E-state index is 12.5. The highest BCUT2D eigenvalue weighted by Gasteiger charge is 2.35. The smallest absolute Gasteiger partial charge is 0.259 e. The molecule has 1 aliphatic rings. The molecule has 0 saturated carbocycles. The van der Waals surface area contributed by atoms with E-state index in [9.17, 15) is 18.0 Å². The molecule has 2 N–H and O–H groups in total. The SMILES string of the molecule is Cc1cc(=O)c(C(=O)N(CCO)C2CCS(=O)(=O)C2)c[nH]1. The topological polar surface area (TPSA) is 108 Å². The molecule has 0 aliphatic carbocycles. The van der Waals surface area contributed by atoms with E-state index in [1.165, 1.54) is 17.2 Å². The Hall–Kier alpha value is -1.67. The number of carbonyl (C=O) groups excluding carboxylic acids is 1.